The lowest BCUT2D eigenvalue weighted by molar-refractivity contribution is 0.493. The van der Waals surface area contributed by atoms with Crippen LogP contribution in [0.15, 0.2) is 12.1 Å². The summed E-state index contributed by atoms with van der Waals surface area (Å²) in [4.78, 5) is 4.14. The summed E-state index contributed by atoms with van der Waals surface area (Å²) in [5, 5.41) is 12.4. The van der Waals surface area contributed by atoms with Crippen molar-refractivity contribution in [1.82, 2.24) is 4.98 Å². The number of pyridine rings is 1. The van der Waals surface area contributed by atoms with Crippen LogP contribution in [0.3, 0.4) is 0 Å². The van der Waals surface area contributed by atoms with Crippen LogP contribution >= 0.6 is 11.6 Å². The largest absolute Gasteiger partial charge is 0.367 e. The number of hydrogen-bond donors (Lipinski definition) is 1. The smallest absolute Gasteiger partial charge is 0.132 e. The fourth-order valence-corrected chi connectivity index (χ4v) is 1.57. The molecule has 0 radical (unpaired) electrons. The number of nitriles is 1. The Bertz CT molecular complexity index is 398. The summed E-state index contributed by atoms with van der Waals surface area (Å²) >= 11 is 5.82. The lowest BCUT2D eigenvalue weighted by Gasteiger charge is -2.20. The van der Waals surface area contributed by atoms with Crippen molar-refractivity contribution in [2.45, 2.75) is 33.2 Å². The van der Waals surface area contributed by atoms with Gasteiger partial charge >= 0.3 is 0 Å². The maximum atomic E-state index is 8.81. The molecule has 0 aliphatic carbocycles. The summed E-state index contributed by atoms with van der Waals surface area (Å²) in [5.74, 6) is 1.21. The van der Waals surface area contributed by atoms with Gasteiger partial charge in [-0.05, 0) is 25.0 Å². The molecule has 3 nitrogen and oxygen atoms in total. The number of nitrogens with zero attached hydrogens (tertiary/aromatic N) is 2. The van der Waals surface area contributed by atoms with E-state index in [0.717, 1.165) is 6.42 Å². The maximum absolute atomic E-state index is 8.81. The molecule has 16 heavy (non-hydrogen) atoms. The molecular formula is C12H16ClN3. The van der Waals surface area contributed by atoms with Gasteiger partial charge in [0.2, 0.25) is 0 Å². The predicted molar refractivity (Wildman–Crippen MR) is 66.5 cm³/mol. The molecule has 0 aliphatic heterocycles. The van der Waals surface area contributed by atoms with Crippen LogP contribution in [0.1, 0.15) is 32.8 Å². The monoisotopic (exact) mass is 237 g/mol. The number of nitrogens with one attached hydrogen (secondary N) is 1. The zero-order valence-electron chi connectivity index (χ0n) is 9.79. The molecule has 86 valence electrons. The van der Waals surface area contributed by atoms with Gasteiger partial charge in [0.1, 0.15) is 11.0 Å². The highest BCUT2D eigenvalue weighted by Crippen LogP contribution is 2.17. The van der Waals surface area contributed by atoms with Gasteiger partial charge in [0.15, 0.2) is 0 Å². The van der Waals surface area contributed by atoms with Gasteiger partial charge < -0.3 is 5.32 Å². The van der Waals surface area contributed by atoms with Crippen LogP contribution < -0.4 is 5.32 Å². The van der Waals surface area contributed by atoms with Crippen molar-refractivity contribution < 1.29 is 0 Å². The Labute approximate surface area is 101 Å². The normalized spacial score (nSPS) is 13.9. The van der Waals surface area contributed by atoms with Crippen molar-refractivity contribution >= 4 is 17.4 Å². The number of halogens is 1. The summed E-state index contributed by atoms with van der Waals surface area (Å²) in [6, 6.07) is 5.64. The number of aromatic nitrogens is 1. The zero-order valence-corrected chi connectivity index (χ0v) is 10.5. The molecule has 0 bridgehead atoms. The van der Waals surface area contributed by atoms with Crippen LogP contribution in [0.2, 0.25) is 5.15 Å². The average Bonchev–Trinajstić information content (AvgIpc) is 2.26. The van der Waals surface area contributed by atoms with Crippen molar-refractivity contribution in [3.8, 4) is 6.07 Å². The van der Waals surface area contributed by atoms with Crippen molar-refractivity contribution in [3.05, 3.63) is 22.8 Å². The van der Waals surface area contributed by atoms with Gasteiger partial charge in [-0.2, -0.15) is 5.26 Å². The number of hydrogen-bond acceptors (Lipinski definition) is 3. The topological polar surface area (TPSA) is 48.7 Å². The highest BCUT2D eigenvalue weighted by molar-refractivity contribution is 6.29. The summed E-state index contributed by atoms with van der Waals surface area (Å²) < 4.78 is 0. The van der Waals surface area contributed by atoms with Crippen LogP contribution in [0.5, 0.6) is 0 Å². The Hall–Kier alpha value is -1.27. The standard InChI is InChI=1S/C12H16ClN3/c1-4-8(2)9(3)15-12-6-10(7-14)5-11(13)16-12/h5-6,8-9H,4H2,1-3H3,(H,15,16). The molecule has 1 aromatic rings. The second-order valence-corrected chi connectivity index (χ2v) is 4.38. The molecular weight excluding hydrogens is 222 g/mol. The molecule has 1 aromatic heterocycles. The van der Waals surface area contributed by atoms with E-state index < -0.39 is 0 Å². The number of anilines is 1. The lowest BCUT2D eigenvalue weighted by Crippen LogP contribution is -2.23. The highest BCUT2D eigenvalue weighted by atomic mass is 35.5. The van der Waals surface area contributed by atoms with Crippen LogP contribution in [0.4, 0.5) is 5.82 Å². The summed E-state index contributed by atoms with van der Waals surface area (Å²) in [6.45, 7) is 6.42. The molecule has 0 saturated carbocycles. The molecule has 2 unspecified atom stereocenters. The predicted octanol–water partition coefficient (Wildman–Crippen LogP) is 3.45. The van der Waals surface area contributed by atoms with Gasteiger partial charge in [-0.1, -0.05) is 31.9 Å². The Morgan fingerprint density at radius 1 is 1.50 bits per heavy atom. The first-order valence-electron chi connectivity index (χ1n) is 5.41. The second-order valence-electron chi connectivity index (χ2n) is 3.99. The molecule has 1 rings (SSSR count). The fraction of sp³-hybridized carbons (Fsp3) is 0.500. The first kappa shape index (κ1) is 12.8. The van der Waals surface area contributed by atoms with Gasteiger partial charge in [-0.3, -0.25) is 0 Å². The summed E-state index contributed by atoms with van der Waals surface area (Å²) in [7, 11) is 0. The van der Waals surface area contributed by atoms with E-state index in [-0.39, 0.29) is 0 Å². The summed E-state index contributed by atoms with van der Waals surface area (Å²) in [5.41, 5.74) is 0.527. The zero-order chi connectivity index (χ0) is 12.1. The van der Waals surface area contributed by atoms with E-state index in [0.29, 0.717) is 28.5 Å². The first-order valence-corrected chi connectivity index (χ1v) is 5.78. The Balaban J connectivity index is 2.81. The van der Waals surface area contributed by atoms with Crippen molar-refractivity contribution in [2.24, 2.45) is 5.92 Å². The molecule has 0 aliphatic rings. The Morgan fingerprint density at radius 3 is 2.75 bits per heavy atom. The van der Waals surface area contributed by atoms with Crippen molar-refractivity contribution in [2.75, 3.05) is 5.32 Å². The van der Waals surface area contributed by atoms with E-state index in [1.165, 1.54) is 0 Å². The van der Waals surface area contributed by atoms with E-state index in [1.807, 2.05) is 0 Å². The molecule has 2 atom stereocenters. The SMILES string of the molecule is CCC(C)C(C)Nc1cc(C#N)cc(Cl)n1. The van der Waals surface area contributed by atoms with Gasteiger partial charge in [0.05, 0.1) is 11.6 Å². The van der Waals surface area contributed by atoms with E-state index >= 15 is 0 Å². The van der Waals surface area contributed by atoms with Crippen LogP contribution in [0, 0.1) is 17.2 Å². The van der Waals surface area contributed by atoms with E-state index in [2.05, 4.69) is 37.1 Å². The lowest BCUT2D eigenvalue weighted by atomic mass is 10.0. The molecule has 1 N–H and O–H groups in total. The van der Waals surface area contributed by atoms with Gasteiger partial charge in [0, 0.05) is 6.04 Å². The van der Waals surface area contributed by atoms with E-state index in [1.54, 1.807) is 12.1 Å². The maximum Gasteiger partial charge on any atom is 0.132 e. The molecule has 0 saturated heterocycles. The molecule has 4 heteroatoms. The second kappa shape index (κ2) is 5.72. The molecule has 0 amide bonds. The molecule has 0 fully saturated rings. The van der Waals surface area contributed by atoms with Crippen LogP contribution in [-0.4, -0.2) is 11.0 Å². The minimum Gasteiger partial charge on any atom is -0.367 e. The van der Waals surface area contributed by atoms with E-state index in [9.17, 15) is 0 Å². The minimum atomic E-state index is 0.308. The third kappa shape index (κ3) is 3.39. The van der Waals surface area contributed by atoms with Gasteiger partial charge in [-0.25, -0.2) is 4.98 Å². The van der Waals surface area contributed by atoms with Crippen molar-refractivity contribution in [1.29, 1.82) is 5.26 Å². The van der Waals surface area contributed by atoms with Crippen molar-refractivity contribution in [3.63, 3.8) is 0 Å². The minimum absolute atomic E-state index is 0.308. The van der Waals surface area contributed by atoms with Gasteiger partial charge in [0.25, 0.3) is 0 Å². The third-order valence-electron chi connectivity index (χ3n) is 2.80. The fourth-order valence-electron chi connectivity index (χ4n) is 1.36. The molecule has 0 spiro atoms. The third-order valence-corrected chi connectivity index (χ3v) is 2.99. The Morgan fingerprint density at radius 2 is 2.19 bits per heavy atom. The first-order chi connectivity index (χ1) is 7.56. The average molecular weight is 238 g/mol. The quantitative estimate of drug-likeness (QED) is 0.816. The van der Waals surface area contributed by atoms with Crippen LogP contribution in [-0.2, 0) is 0 Å². The highest BCUT2D eigenvalue weighted by Gasteiger charge is 2.11. The molecule has 1 heterocycles. The Kier molecular flexibility index (Phi) is 4.57. The number of rotatable bonds is 4. The molecule has 0 aromatic carbocycles. The van der Waals surface area contributed by atoms with E-state index in [4.69, 9.17) is 16.9 Å². The van der Waals surface area contributed by atoms with Gasteiger partial charge in [-0.15, -0.1) is 0 Å². The summed E-state index contributed by atoms with van der Waals surface area (Å²) in [6.07, 6.45) is 1.10. The van der Waals surface area contributed by atoms with Crippen LogP contribution in [0.25, 0.3) is 0 Å².